The molecule has 1 fully saturated rings. The molecule has 1 aliphatic rings. The molecule has 0 aliphatic carbocycles. The van der Waals surface area contributed by atoms with E-state index in [1.165, 1.54) is 5.56 Å². The van der Waals surface area contributed by atoms with Crippen molar-refractivity contribution in [3.05, 3.63) is 65.2 Å². The molecule has 1 aliphatic heterocycles. The van der Waals surface area contributed by atoms with Crippen LogP contribution in [0.3, 0.4) is 0 Å². The number of hydrogen-bond donors (Lipinski definition) is 0. The fraction of sp³-hybridized carbons (Fsp3) is 0.458. The minimum Gasteiger partial charge on any atom is -0.491 e. The minimum atomic E-state index is -3.10. The van der Waals surface area contributed by atoms with E-state index in [4.69, 9.17) is 4.74 Å². The number of amides is 1. The summed E-state index contributed by atoms with van der Waals surface area (Å²) in [5, 5.41) is 0. The van der Waals surface area contributed by atoms with Gasteiger partial charge < -0.3 is 9.64 Å². The van der Waals surface area contributed by atoms with Crippen LogP contribution in [0, 0.1) is 0 Å². The first-order valence-corrected chi connectivity index (χ1v) is 12.3. The zero-order valence-corrected chi connectivity index (χ0v) is 19.0. The van der Waals surface area contributed by atoms with E-state index in [0.717, 1.165) is 5.56 Å². The highest BCUT2D eigenvalue weighted by molar-refractivity contribution is 7.91. The fourth-order valence-corrected chi connectivity index (χ4v) is 5.44. The highest BCUT2D eigenvalue weighted by Crippen LogP contribution is 2.24. The van der Waals surface area contributed by atoms with E-state index >= 15 is 0 Å². The number of benzene rings is 2. The standard InChI is InChI=1S/C24H31NO4S/c1-17(2)20-7-5-19(6-8-20)15-25(22-13-14-30(27,28)16-22)24(26)21-9-11-23(12-10-21)29-18(3)4/h5-12,17-18,22H,13-16H2,1-4H3. The van der Waals surface area contributed by atoms with E-state index in [9.17, 15) is 13.2 Å². The van der Waals surface area contributed by atoms with Gasteiger partial charge in [0, 0.05) is 18.2 Å². The number of ether oxygens (including phenoxy) is 1. The van der Waals surface area contributed by atoms with Crippen LogP contribution in [0.25, 0.3) is 0 Å². The average molecular weight is 430 g/mol. The van der Waals surface area contributed by atoms with Crippen LogP contribution >= 0.6 is 0 Å². The molecule has 5 nitrogen and oxygen atoms in total. The summed E-state index contributed by atoms with van der Waals surface area (Å²) in [4.78, 5) is 15.1. The van der Waals surface area contributed by atoms with Crippen LogP contribution in [-0.4, -0.2) is 42.9 Å². The Morgan fingerprint density at radius 3 is 2.17 bits per heavy atom. The molecule has 1 saturated heterocycles. The summed E-state index contributed by atoms with van der Waals surface area (Å²) in [5.74, 6) is 1.15. The molecule has 1 heterocycles. The lowest BCUT2D eigenvalue weighted by Crippen LogP contribution is -2.40. The van der Waals surface area contributed by atoms with Gasteiger partial charge in [-0.05, 0) is 61.6 Å². The van der Waals surface area contributed by atoms with Gasteiger partial charge in [-0.2, -0.15) is 0 Å². The topological polar surface area (TPSA) is 63.7 Å². The van der Waals surface area contributed by atoms with Gasteiger partial charge in [-0.1, -0.05) is 38.1 Å². The monoisotopic (exact) mass is 429 g/mol. The molecule has 0 aromatic heterocycles. The molecule has 2 aromatic rings. The molecule has 0 bridgehead atoms. The Morgan fingerprint density at radius 2 is 1.67 bits per heavy atom. The lowest BCUT2D eigenvalue weighted by molar-refractivity contribution is 0.0681. The average Bonchev–Trinajstić information content (AvgIpc) is 3.05. The minimum absolute atomic E-state index is 0.0252. The molecule has 0 saturated carbocycles. The number of nitrogens with zero attached hydrogens (tertiary/aromatic N) is 1. The largest absolute Gasteiger partial charge is 0.491 e. The second-order valence-electron chi connectivity index (χ2n) is 8.58. The van der Waals surface area contributed by atoms with E-state index in [1.54, 1.807) is 29.2 Å². The van der Waals surface area contributed by atoms with E-state index < -0.39 is 9.84 Å². The van der Waals surface area contributed by atoms with Crippen molar-refractivity contribution < 1.29 is 17.9 Å². The Bertz CT molecular complexity index is 963. The SMILES string of the molecule is CC(C)Oc1ccc(C(=O)N(Cc2ccc(C(C)C)cc2)C2CCS(=O)(=O)C2)cc1. The van der Waals surface area contributed by atoms with Crippen molar-refractivity contribution in [3.8, 4) is 5.75 Å². The van der Waals surface area contributed by atoms with Crippen LogP contribution in [-0.2, 0) is 16.4 Å². The Balaban J connectivity index is 1.84. The number of carbonyl (C=O) groups is 1. The smallest absolute Gasteiger partial charge is 0.254 e. The molecule has 0 spiro atoms. The normalized spacial score (nSPS) is 18.0. The van der Waals surface area contributed by atoms with E-state index in [2.05, 4.69) is 26.0 Å². The van der Waals surface area contributed by atoms with Gasteiger partial charge in [0.2, 0.25) is 0 Å². The molecule has 2 aromatic carbocycles. The van der Waals surface area contributed by atoms with Crippen molar-refractivity contribution in [1.82, 2.24) is 4.90 Å². The van der Waals surface area contributed by atoms with Crippen molar-refractivity contribution in [1.29, 1.82) is 0 Å². The molecule has 30 heavy (non-hydrogen) atoms. The second-order valence-corrected chi connectivity index (χ2v) is 10.8. The van der Waals surface area contributed by atoms with Gasteiger partial charge in [-0.15, -0.1) is 0 Å². The maximum atomic E-state index is 13.3. The molecular formula is C24H31NO4S. The summed E-state index contributed by atoms with van der Waals surface area (Å²) in [5.41, 5.74) is 2.77. The molecule has 1 atom stereocenters. The first-order valence-electron chi connectivity index (χ1n) is 10.5. The third-order valence-electron chi connectivity index (χ3n) is 5.38. The summed E-state index contributed by atoms with van der Waals surface area (Å²) in [6, 6.07) is 15.0. The zero-order chi connectivity index (χ0) is 21.9. The van der Waals surface area contributed by atoms with Gasteiger partial charge in [-0.3, -0.25) is 4.79 Å². The van der Waals surface area contributed by atoms with Gasteiger partial charge in [0.15, 0.2) is 9.84 Å². The Morgan fingerprint density at radius 1 is 1.03 bits per heavy atom. The Kier molecular flexibility index (Phi) is 6.86. The summed E-state index contributed by atoms with van der Waals surface area (Å²) >= 11 is 0. The predicted molar refractivity (Wildman–Crippen MR) is 120 cm³/mol. The second kappa shape index (κ2) is 9.21. The van der Waals surface area contributed by atoms with Gasteiger partial charge in [0.05, 0.1) is 17.6 Å². The van der Waals surface area contributed by atoms with Crippen molar-refractivity contribution >= 4 is 15.7 Å². The van der Waals surface area contributed by atoms with Crippen molar-refractivity contribution in [2.24, 2.45) is 0 Å². The maximum absolute atomic E-state index is 13.3. The molecule has 0 radical (unpaired) electrons. The number of sulfone groups is 1. The third kappa shape index (κ3) is 5.63. The van der Waals surface area contributed by atoms with Crippen LogP contribution in [0.4, 0.5) is 0 Å². The molecule has 0 N–H and O–H groups in total. The summed E-state index contributed by atoms with van der Waals surface area (Å²) in [6.45, 7) is 8.57. The van der Waals surface area contributed by atoms with Crippen LogP contribution < -0.4 is 4.74 Å². The summed E-state index contributed by atoms with van der Waals surface area (Å²) < 4.78 is 29.8. The summed E-state index contributed by atoms with van der Waals surface area (Å²) in [7, 11) is -3.10. The fourth-order valence-electron chi connectivity index (χ4n) is 3.71. The Labute approximate surface area is 180 Å². The highest BCUT2D eigenvalue weighted by atomic mass is 32.2. The molecular weight excluding hydrogens is 398 g/mol. The van der Waals surface area contributed by atoms with E-state index in [0.29, 0.717) is 30.2 Å². The quantitative estimate of drug-likeness (QED) is 0.653. The zero-order valence-electron chi connectivity index (χ0n) is 18.2. The van der Waals surface area contributed by atoms with Crippen molar-refractivity contribution in [3.63, 3.8) is 0 Å². The number of hydrogen-bond acceptors (Lipinski definition) is 4. The van der Waals surface area contributed by atoms with Crippen molar-refractivity contribution in [2.45, 2.75) is 58.7 Å². The van der Waals surface area contributed by atoms with E-state index in [-0.39, 0.29) is 29.6 Å². The number of carbonyl (C=O) groups excluding carboxylic acids is 1. The lowest BCUT2D eigenvalue weighted by Gasteiger charge is -2.29. The maximum Gasteiger partial charge on any atom is 0.254 e. The van der Waals surface area contributed by atoms with Crippen LogP contribution in [0.1, 0.15) is 61.5 Å². The van der Waals surface area contributed by atoms with E-state index in [1.807, 2.05) is 26.0 Å². The van der Waals surface area contributed by atoms with Crippen molar-refractivity contribution in [2.75, 3.05) is 11.5 Å². The molecule has 3 rings (SSSR count). The van der Waals surface area contributed by atoms with Gasteiger partial charge in [0.1, 0.15) is 5.75 Å². The van der Waals surface area contributed by atoms with Crippen LogP contribution in [0.2, 0.25) is 0 Å². The lowest BCUT2D eigenvalue weighted by atomic mass is 10.0. The molecule has 1 unspecified atom stereocenters. The molecule has 162 valence electrons. The summed E-state index contributed by atoms with van der Waals surface area (Å²) in [6.07, 6.45) is 0.535. The van der Waals surface area contributed by atoms with Crippen LogP contribution in [0.15, 0.2) is 48.5 Å². The van der Waals surface area contributed by atoms with Crippen LogP contribution in [0.5, 0.6) is 5.75 Å². The first kappa shape index (κ1) is 22.3. The molecule has 1 amide bonds. The highest BCUT2D eigenvalue weighted by Gasteiger charge is 2.35. The number of rotatable bonds is 7. The first-order chi connectivity index (χ1) is 14.1. The molecule has 6 heteroatoms. The van der Waals surface area contributed by atoms with Gasteiger partial charge in [-0.25, -0.2) is 8.42 Å². The Hall–Kier alpha value is -2.34. The predicted octanol–water partition coefficient (Wildman–Crippen LogP) is 4.43. The van der Waals surface area contributed by atoms with Gasteiger partial charge >= 0.3 is 0 Å². The van der Waals surface area contributed by atoms with Gasteiger partial charge in [0.25, 0.3) is 5.91 Å². The third-order valence-corrected chi connectivity index (χ3v) is 7.13.